The first kappa shape index (κ1) is 16.5. The van der Waals surface area contributed by atoms with Crippen LogP contribution in [0.1, 0.15) is 13.8 Å². The van der Waals surface area contributed by atoms with Gasteiger partial charge in [0, 0.05) is 13.1 Å². The zero-order valence-corrected chi connectivity index (χ0v) is 12.0. The number of hydrogen-bond donors (Lipinski definition) is 1. The number of sulfonamides is 1. The van der Waals surface area contributed by atoms with Gasteiger partial charge in [0.05, 0.1) is 11.4 Å². The Kier molecular flexibility index (Phi) is 5.58. The predicted octanol–water partition coefficient (Wildman–Crippen LogP) is 1.11. The van der Waals surface area contributed by atoms with Crippen LogP contribution in [0.5, 0.6) is 0 Å². The lowest BCUT2D eigenvalue weighted by Gasteiger charge is -2.19. The lowest BCUT2D eigenvalue weighted by Crippen LogP contribution is -2.40. The van der Waals surface area contributed by atoms with E-state index in [0.717, 1.165) is 16.4 Å². The Morgan fingerprint density at radius 2 is 1.90 bits per heavy atom. The summed E-state index contributed by atoms with van der Waals surface area (Å²) in [6.45, 7) is 3.31. The van der Waals surface area contributed by atoms with Crippen molar-refractivity contribution in [3.63, 3.8) is 0 Å². The Hall–Kier alpha value is -1.54. The van der Waals surface area contributed by atoms with Gasteiger partial charge in [-0.1, -0.05) is 6.92 Å². The van der Waals surface area contributed by atoms with Crippen molar-refractivity contribution in [1.29, 1.82) is 0 Å². The molecule has 0 fully saturated rings. The molecule has 1 aromatic carbocycles. The van der Waals surface area contributed by atoms with Gasteiger partial charge in [-0.25, -0.2) is 17.2 Å². The van der Waals surface area contributed by atoms with Gasteiger partial charge in [0.15, 0.2) is 11.6 Å². The van der Waals surface area contributed by atoms with Crippen LogP contribution in [-0.2, 0) is 14.8 Å². The SMILES string of the molecule is CCNC(=O)CN(CC)S(=O)(=O)c1ccc(F)c(F)c1. The molecule has 0 aliphatic heterocycles. The number of carbonyl (C=O) groups is 1. The van der Waals surface area contributed by atoms with Crippen LogP contribution in [0.4, 0.5) is 8.78 Å². The molecule has 0 heterocycles. The maximum absolute atomic E-state index is 13.1. The first-order valence-electron chi connectivity index (χ1n) is 6.04. The number of nitrogens with one attached hydrogen (secondary N) is 1. The summed E-state index contributed by atoms with van der Waals surface area (Å²) in [5.41, 5.74) is 0. The fourth-order valence-electron chi connectivity index (χ4n) is 1.57. The van der Waals surface area contributed by atoms with Gasteiger partial charge in [0.1, 0.15) is 0 Å². The van der Waals surface area contributed by atoms with Gasteiger partial charge in [-0.05, 0) is 25.1 Å². The average Bonchev–Trinajstić information content (AvgIpc) is 2.39. The molecule has 1 rings (SSSR count). The normalized spacial score (nSPS) is 11.7. The second-order valence-electron chi connectivity index (χ2n) is 3.96. The van der Waals surface area contributed by atoms with E-state index in [4.69, 9.17) is 0 Å². The minimum Gasteiger partial charge on any atom is -0.355 e. The summed E-state index contributed by atoms with van der Waals surface area (Å²) in [6, 6.07) is 2.31. The molecule has 0 bridgehead atoms. The lowest BCUT2D eigenvalue weighted by atomic mass is 10.3. The van der Waals surface area contributed by atoms with Crippen LogP contribution in [0, 0.1) is 11.6 Å². The predicted molar refractivity (Wildman–Crippen MR) is 69.5 cm³/mol. The van der Waals surface area contributed by atoms with Crippen LogP contribution in [0.25, 0.3) is 0 Å². The first-order valence-corrected chi connectivity index (χ1v) is 7.48. The average molecular weight is 306 g/mol. The Bertz CT molecular complexity index is 590. The molecule has 0 atom stereocenters. The van der Waals surface area contributed by atoms with Crippen LogP contribution < -0.4 is 5.32 Å². The van der Waals surface area contributed by atoms with Gasteiger partial charge in [-0.15, -0.1) is 0 Å². The molecule has 0 aromatic heterocycles. The maximum atomic E-state index is 13.1. The summed E-state index contributed by atoms with van der Waals surface area (Å²) in [4.78, 5) is 11.1. The van der Waals surface area contributed by atoms with E-state index in [0.29, 0.717) is 12.6 Å². The summed E-state index contributed by atoms with van der Waals surface area (Å²) >= 11 is 0. The Morgan fingerprint density at radius 1 is 1.25 bits per heavy atom. The van der Waals surface area contributed by atoms with Crippen molar-refractivity contribution < 1.29 is 22.0 Å². The van der Waals surface area contributed by atoms with Gasteiger partial charge in [0.2, 0.25) is 15.9 Å². The Morgan fingerprint density at radius 3 is 2.40 bits per heavy atom. The molecule has 0 aliphatic rings. The first-order chi connectivity index (χ1) is 9.32. The lowest BCUT2D eigenvalue weighted by molar-refractivity contribution is -0.121. The van der Waals surface area contributed by atoms with E-state index >= 15 is 0 Å². The number of halogens is 2. The third kappa shape index (κ3) is 3.73. The molecule has 0 spiro atoms. The van der Waals surface area contributed by atoms with Crippen LogP contribution >= 0.6 is 0 Å². The van der Waals surface area contributed by atoms with Crippen LogP contribution in [-0.4, -0.2) is 38.3 Å². The third-order valence-electron chi connectivity index (χ3n) is 2.58. The van der Waals surface area contributed by atoms with E-state index in [9.17, 15) is 22.0 Å². The van der Waals surface area contributed by atoms with Crippen LogP contribution in [0.2, 0.25) is 0 Å². The monoisotopic (exact) mass is 306 g/mol. The van der Waals surface area contributed by atoms with Crippen molar-refractivity contribution in [3.05, 3.63) is 29.8 Å². The van der Waals surface area contributed by atoms with Gasteiger partial charge in [0.25, 0.3) is 0 Å². The van der Waals surface area contributed by atoms with Crippen LogP contribution in [0.3, 0.4) is 0 Å². The smallest absolute Gasteiger partial charge is 0.243 e. The van der Waals surface area contributed by atoms with Gasteiger partial charge in [-0.2, -0.15) is 4.31 Å². The number of nitrogens with zero attached hydrogens (tertiary/aromatic N) is 1. The molecule has 5 nitrogen and oxygen atoms in total. The number of hydrogen-bond acceptors (Lipinski definition) is 3. The van der Waals surface area contributed by atoms with E-state index in [1.807, 2.05) is 0 Å². The molecule has 1 aromatic rings. The van der Waals surface area contributed by atoms with Gasteiger partial charge >= 0.3 is 0 Å². The molecule has 1 amide bonds. The highest BCUT2D eigenvalue weighted by atomic mass is 32.2. The zero-order chi connectivity index (χ0) is 15.3. The number of carbonyl (C=O) groups excluding carboxylic acids is 1. The van der Waals surface area contributed by atoms with E-state index in [1.165, 1.54) is 0 Å². The highest BCUT2D eigenvalue weighted by Crippen LogP contribution is 2.18. The summed E-state index contributed by atoms with van der Waals surface area (Å²) in [6.07, 6.45) is 0. The molecule has 0 unspecified atom stereocenters. The molecule has 1 N–H and O–H groups in total. The topological polar surface area (TPSA) is 66.5 Å². The maximum Gasteiger partial charge on any atom is 0.243 e. The molecule has 0 saturated carbocycles. The molecule has 0 saturated heterocycles. The van der Waals surface area contributed by atoms with Crippen molar-refractivity contribution in [2.45, 2.75) is 18.7 Å². The molecule has 112 valence electrons. The molecule has 0 aliphatic carbocycles. The van der Waals surface area contributed by atoms with Crippen LogP contribution in [0.15, 0.2) is 23.1 Å². The fraction of sp³-hybridized carbons (Fsp3) is 0.417. The van der Waals surface area contributed by atoms with Crippen molar-refractivity contribution in [3.8, 4) is 0 Å². The molecule has 0 radical (unpaired) electrons. The van der Waals surface area contributed by atoms with Crippen molar-refractivity contribution in [2.24, 2.45) is 0 Å². The highest BCUT2D eigenvalue weighted by molar-refractivity contribution is 7.89. The number of amides is 1. The Labute approximate surface area is 116 Å². The molecular formula is C12H16F2N2O3S. The Balaban J connectivity index is 3.05. The fourth-order valence-corrected chi connectivity index (χ4v) is 2.98. The van der Waals surface area contributed by atoms with Gasteiger partial charge in [-0.3, -0.25) is 4.79 Å². The molecule has 8 heteroatoms. The van der Waals surface area contributed by atoms with E-state index in [-0.39, 0.29) is 18.0 Å². The summed E-state index contributed by atoms with van der Waals surface area (Å²) in [5.74, 6) is -2.84. The number of likely N-dealkylation sites (N-methyl/N-ethyl adjacent to an activating group) is 2. The summed E-state index contributed by atoms with van der Waals surface area (Å²) in [5, 5.41) is 2.48. The zero-order valence-electron chi connectivity index (χ0n) is 11.2. The van der Waals surface area contributed by atoms with Crippen molar-refractivity contribution >= 4 is 15.9 Å². The number of rotatable bonds is 6. The second-order valence-corrected chi connectivity index (χ2v) is 5.90. The van der Waals surface area contributed by atoms with Crippen molar-refractivity contribution in [2.75, 3.05) is 19.6 Å². The van der Waals surface area contributed by atoms with E-state index < -0.39 is 27.6 Å². The summed E-state index contributed by atoms with van der Waals surface area (Å²) < 4.78 is 51.3. The number of benzene rings is 1. The largest absolute Gasteiger partial charge is 0.355 e. The van der Waals surface area contributed by atoms with Crippen molar-refractivity contribution in [1.82, 2.24) is 9.62 Å². The standard InChI is InChI=1S/C12H16F2N2O3S/c1-3-15-12(17)8-16(4-2)20(18,19)9-5-6-10(13)11(14)7-9/h5-7H,3-4,8H2,1-2H3,(H,15,17). The van der Waals surface area contributed by atoms with Gasteiger partial charge < -0.3 is 5.32 Å². The minimum absolute atomic E-state index is 0.0401. The van der Waals surface area contributed by atoms with E-state index in [2.05, 4.69) is 5.32 Å². The van der Waals surface area contributed by atoms with E-state index in [1.54, 1.807) is 13.8 Å². The second kappa shape index (κ2) is 6.76. The quantitative estimate of drug-likeness (QED) is 0.856. The molecular weight excluding hydrogens is 290 g/mol. The third-order valence-corrected chi connectivity index (χ3v) is 4.49. The summed E-state index contributed by atoms with van der Waals surface area (Å²) in [7, 11) is -4.04. The minimum atomic E-state index is -4.04. The highest BCUT2D eigenvalue weighted by Gasteiger charge is 2.26. The molecule has 20 heavy (non-hydrogen) atoms.